The maximum Gasteiger partial charge on any atom is 0.236 e. The Kier molecular flexibility index (Phi) is 3.76. The van der Waals surface area contributed by atoms with Crippen LogP contribution in [0.25, 0.3) is 0 Å². The monoisotopic (exact) mass is 233 g/mol. The number of hydrogen-bond acceptors (Lipinski definition) is 3. The average molecular weight is 233 g/mol. The van der Waals surface area contributed by atoms with Gasteiger partial charge in [0.2, 0.25) is 15.9 Å². The summed E-state index contributed by atoms with van der Waals surface area (Å²) in [6.45, 7) is 5.87. The standard InChI is InChI=1S/C10H19NO3S/c1-7(2)4-5-15(13,14)11-10(12)9-6-8(9)3/h7-9H,4-6H2,1-3H3,(H,11,12)/t8-,9+/m0/s1. The number of amides is 1. The van der Waals surface area contributed by atoms with E-state index in [4.69, 9.17) is 0 Å². The van der Waals surface area contributed by atoms with E-state index in [1.54, 1.807) is 0 Å². The summed E-state index contributed by atoms with van der Waals surface area (Å²) in [5.41, 5.74) is 0. The fourth-order valence-electron chi connectivity index (χ4n) is 1.36. The zero-order valence-electron chi connectivity index (χ0n) is 9.49. The first kappa shape index (κ1) is 12.5. The van der Waals surface area contributed by atoms with E-state index in [-0.39, 0.29) is 17.6 Å². The highest BCUT2D eigenvalue weighted by molar-refractivity contribution is 7.90. The van der Waals surface area contributed by atoms with E-state index in [2.05, 4.69) is 4.72 Å². The summed E-state index contributed by atoms with van der Waals surface area (Å²) in [5, 5.41) is 0. The van der Waals surface area contributed by atoms with Crippen molar-refractivity contribution in [2.24, 2.45) is 17.8 Å². The van der Waals surface area contributed by atoms with Crippen LogP contribution in [0.3, 0.4) is 0 Å². The second-order valence-corrected chi connectivity index (χ2v) is 6.63. The molecule has 0 bridgehead atoms. The summed E-state index contributed by atoms with van der Waals surface area (Å²) in [7, 11) is -3.40. The van der Waals surface area contributed by atoms with E-state index in [1.165, 1.54) is 0 Å². The summed E-state index contributed by atoms with van der Waals surface area (Å²) in [5.74, 6) is 0.296. The van der Waals surface area contributed by atoms with E-state index in [0.717, 1.165) is 6.42 Å². The molecule has 1 aliphatic carbocycles. The molecular weight excluding hydrogens is 214 g/mol. The Hall–Kier alpha value is -0.580. The first-order valence-electron chi connectivity index (χ1n) is 5.36. The van der Waals surface area contributed by atoms with E-state index in [0.29, 0.717) is 18.3 Å². The Morgan fingerprint density at radius 3 is 2.40 bits per heavy atom. The first-order chi connectivity index (χ1) is 6.82. The first-order valence-corrected chi connectivity index (χ1v) is 7.01. The van der Waals surface area contributed by atoms with E-state index < -0.39 is 10.0 Å². The third kappa shape index (κ3) is 4.20. The van der Waals surface area contributed by atoms with Crippen molar-refractivity contribution in [1.29, 1.82) is 0 Å². The number of rotatable bonds is 5. The molecule has 1 fully saturated rings. The highest BCUT2D eigenvalue weighted by Crippen LogP contribution is 2.37. The van der Waals surface area contributed by atoms with Crippen LogP contribution in [-0.4, -0.2) is 20.1 Å². The van der Waals surface area contributed by atoms with Gasteiger partial charge in [-0.05, 0) is 24.7 Å². The van der Waals surface area contributed by atoms with Gasteiger partial charge in [0.05, 0.1) is 5.75 Å². The smallest absolute Gasteiger partial charge is 0.236 e. The minimum absolute atomic E-state index is 0.0392. The van der Waals surface area contributed by atoms with Crippen molar-refractivity contribution in [3.63, 3.8) is 0 Å². The molecule has 0 aromatic heterocycles. The van der Waals surface area contributed by atoms with Crippen LogP contribution in [0.1, 0.15) is 33.6 Å². The maximum absolute atomic E-state index is 11.5. The van der Waals surface area contributed by atoms with Crippen molar-refractivity contribution >= 4 is 15.9 Å². The van der Waals surface area contributed by atoms with Crippen molar-refractivity contribution < 1.29 is 13.2 Å². The van der Waals surface area contributed by atoms with Gasteiger partial charge in [0.15, 0.2) is 0 Å². The summed E-state index contributed by atoms with van der Waals surface area (Å²) < 4.78 is 25.0. The van der Waals surface area contributed by atoms with Gasteiger partial charge in [0.1, 0.15) is 0 Å². The lowest BCUT2D eigenvalue weighted by atomic mass is 10.2. The molecule has 1 N–H and O–H groups in total. The largest absolute Gasteiger partial charge is 0.274 e. The molecule has 1 saturated carbocycles. The summed E-state index contributed by atoms with van der Waals surface area (Å²) in [6.07, 6.45) is 1.40. The molecule has 0 aliphatic heterocycles. The Labute approximate surface area is 91.5 Å². The molecule has 0 heterocycles. The van der Waals surface area contributed by atoms with Gasteiger partial charge in [-0.2, -0.15) is 0 Å². The average Bonchev–Trinajstić information content (AvgIpc) is 2.79. The van der Waals surface area contributed by atoms with Crippen LogP contribution in [0.5, 0.6) is 0 Å². The molecule has 1 aliphatic rings. The Morgan fingerprint density at radius 2 is 2.00 bits per heavy atom. The number of hydrogen-bond donors (Lipinski definition) is 1. The Morgan fingerprint density at radius 1 is 1.47 bits per heavy atom. The van der Waals surface area contributed by atoms with Crippen LogP contribution in [0, 0.1) is 17.8 Å². The molecule has 2 atom stereocenters. The molecule has 88 valence electrons. The fraction of sp³-hybridized carbons (Fsp3) is 0.900. The van der Waals surface area contributed by atoms with Crippen LogP contribution < -0.4 is 4.72 Å². The van der Waals surface area contributed by atoms with Gasteiger partial charge in [0, 0.05) is 5.92 Å². The minimum Gasteiger partial charge on any atom is -0.274 e. The van der Waals surface area contributed by atoms with Crippen LogP contribution in [0.4, 0.5) is 0 Å². The third-order valence-corrected chi connectivity index (χ3v) is 3.95. The van der Waals surface area contributed by atoms with E-state index >= 15 is 0 Å². The lowest BCUT2D eigenvalue weighted by Gasteiger charge is -2.07. The normalized spacial score (nSPS) is 25.3. The van der Waals surface area contributed by atoms with Gasteiger partial charge in [-0.15, -0.1) is 0 Å². The molecule has 1 amide bonds. The summed E-state index contributed by atoms with van der Waals surface area (Å²) >= 11 is 0. The van der Waals surface area contributed by atoms with Gasteiger partial charge in [-0.1, -0.05) is 20.8 Å². The highest BCUT2D eigenvalue weighted by atomic mass is 32.2. The van der Waals surface area contributed by atoms with Gasteiger partial charge in [-0.3, -0.25) is 9.52 Å². The number of nitrogens with one attached hydrogen (secondary N) is 1. The molecule has 0 radical (unpaired) electrons. The van der Waals surface area contributed by atoms with E-state index in [9.17, 15) is 13.2 Å². The fourth-order valence-corrected chi connectivity index (χ4v) is 2.70. The molecule has 0 unspecified atom stereocenters. The molecule has 1 rings (SSSR count). The lowest BCUT2D eigenvalue weighted by molar-refractivity contribution is -0.120. The topological polar surface area (TPSA) is 63.2 Å². The molecule has 4 nitrogen and oxygen atoms in total. The molecule has 15 heavy (non-hydrogen) atoms. The predicted molar refractivity (Wildman–Crippen MR) is 58.7 cm³/mol. The van der Waals surface area contributed by atoms with Crippen molar-refractivity contribution in [2.75, 3.05) is 5.75 Å². The number of carbonyl (C=O) groups excluding carboxylic acids is 1. The summed E-state index contributed by atoms with van der Waals surface area (Å²) in [6, 6.07) is 0. The molecular formula is C10H19NO3S. The van der Waals surface area contributed by atoms with Gasteiger partial charge in [0.25, 0.3) is 0 Å². The number of sulfonamides is 1. The maximum atomic E-state index is 11.5. The Bertz CT molecular complexity index is 335. The zero-order chi connectivity index (χ0) is 11.6. The summed E-state index contributed by atoms with van der Waals surface area (Å²) in [4.78, 5) is 11.4. The van der Waals surface area contributed by atoms with Crippen molar-refractivity contribution in [2.45, 2.75) is 33.6 Å². The minimum atomic E-state index is -3.40. The van der Waals surface area contributed by atoms with Crippen LogP contribution in [-0.2, 0) is 14.8 Å². The SMILES string of the molecule is CC(C)CCS(=O)(=O)NC(=O)[C@@H]1C[C@@H]1C. The van der Waals surface area contributed by atoms with Gasteiger partial charge >= 0.3 is 0 Å². The van der Waals surface area contributed by atoms with Gasteiger partial charge < -0.3 is 0 Å². The quantitative estimate of drug-likeness (QED) is 0.774. The second kappa shape index (κ2) is 4.51. The third-order valence-electron chi connectivity index (χ3n) is 2.67. The lowest BCUT2D eigenvalue weighted by Crippen LogP contribution is -2.34. The second-order valence-electron chi connectivity index (χ2n) is 4.79. The van der Waals surface area contributed by atoms with Crippen molar-refractivity contribution in [3.05, 3.63) is 0 Å². The van der Waals surface area contributed by atoms with Crippen molar-refractivity contribution in [1.82, 2.24) is 4.72 Å². The molecule has 5 heteroatoms. The predicted octanol–water partition coefficient (Wildman–Crippen LogP) is 1.13. The number of carbonyl (C=O) groups is 1. The molecule has 0 aromatic rings. The molecule has 0 saturated heterocycles. The molecule has 0 spiro atoms. The van der Waals surface area contributed by atoms with Crippen LogP contribution >= 0.6 is 0 Å². The van der Waals surface area contributed by atoms with E-state index in [1.807, 2.05) is 20.8 Å². The van der Waals surface area contributed by atoms with Crippen molar-refractivity contribution in [3.8, 4) is 0 Å². The molecule has 0 aromatic carbocycles. The highest BCUT2D eigenvalue weighted by Gasteiger charge is 2.40. The zero-order valence-corrected chi connectivity index (χ0v) is 10.3. The van der Waals surface area contributed by atoms with Crippen LogP contribution in [0.2, 0.25) is 0 Å². The van der Waals surface area contributed by atoms with Gasteiger partial charge in [-0.25, -0.2) is 8.42 Å². The van der Waals surface area contributed by atoms with Crippen LogP contribution in [0.15, 0.2) is 0 Å². The Balaban J connectivity index is 2.39.